The molecule has 1 saturated heterocycles. The molecule has 0 radical (unpaired) electrons. The maximum absolute atomic E-state index is 12.0. The highest BCUT2D eigenvalue weighted by atomic mass is 16.6. The van der Waals surface area contributed by atoms with Crippen LogP contribution in [0.3, 0.4) is 0 Å². The fourth-order valence-electron chi connectivity index (χ4n) is 1.81. The highest BCUT2D eigenvalue weighted by Crippen LogP contribution is 2.34. The van der Waals surface area contributed by atoms with E-state index < -0.39 is 11.5 Å². The molecule has 0 unspecified atom stereocenters. The summed E-state index contributed by atoms with van der Waals surface area (Å²) in [5.74, 6) is -0.402. The van der Waals surface area contributed by atoms with Gasteiger partial charge in [0.25, 0.3) is 0 Å². The second-order valence-electron chi connectivity index (χ2n) is 4.71. The van der Waals surface area contributed by atoms with Gasteiger partial charge in [0.15, 0.2) is 6.10 Å². The van der Waals surface area contributed by atoms with Gasteiger partial charge < -0.3 is 4.74 Å². The molecule has 1 atom stereocenters. The summed E-state index contributed by atoms with van der Waals surface area (Å²) in [4.78, 5) is 23.5. The molecule has 16 heavy (non-hydrogen) atoms. The normalized spacial score (nSPS) is 22.9. The maximum Gasteiger partial charge on any atom is 0.312 e. The minimum absolute atomic E-state index is 0.112. The molecule has 1 aliphatic heterocycles. The summed E-state index contributed by atoms with van der Waals surface area (Å²) in [7, 11) is 0. The summed E-state index contributed by atoms with van der Waals surface area (Å²) in [6, 6.07) is 8.93. The Hall–Kier alpha value is -1.64. The molecule has 0 saturated carbocycles. The van der Waals surface area contributed by atoms with Crippen molar-refractivity contribution < 1.29 is 14.3 Å². The standard InChI is InChI=1S/C13H14O3/c1-13(2)8-10(16-12(13)15)11(14)9-6-4-3-5-7-9/h3-7,10H,8H2,1-2H3/t10-/m0/s1. The van der Waals surface area contributed by atoms with Crippen LogP contribution < -0.4 is 0 Å². The molecule has 0 spiro atoms. The van der Waals surface area contributed by atoms with Gasteiger partial charge in [-0.3, -0.25) is 9.59 Å². The summed E-state index contributed by atoms with van der Waals surface area (Å²) < 4.78 is 5.10. The first-order chi connectivity index (χ1) is 7.50. The van der Waals surface area contributed by atoms with Gasteiger partial charge in [0.05, 0.1) is 5.41 Å². The second-order valence-corrected chi connectivity index (χ2v) is 4.71. The Labute approximate surface area is 94.4 Å². The van der Waals surface area contributed by atoms with Crippen LogP contribution in [0.4, 0.5) is 0 Å². The maximum atomic E-state index is 12.0. The minimum atomic E-state index is -0.620. The molecule has 1 heterocycles. The van der Waals surface area contributed by atoms with Crippen LogP contribution in [-0.2, 0) is 9.53 Å². The minimum Gasteiger partial charge on any atom is -0.454 e. The Morgan fingerprint density at radius 1 is 1.31 bits per heavy atom. The summed E-state index contributed by atoms with van der Waals surface area (Å²) in [6.45, 7) is 3.60. The second kappa shape index (κ2) is 3.74. The first kappa shape index (κ1) is 10.9. The number of ether oxygens (including phenoxy) is 1. The van der Waals surface area contributed by atoms with E-state index in [9.17, 15) is 9.59 Å². The first-order valence-electron chi connectivity index (χ1n) is 5.31. The fraction of sp³-hybridized carbons (Fsp3) is 0.385. The molecule has 0 aliphatic carbocycles. The van der Waals surface area contributed by atoms with Gasteiger partial charge in [0, 0.05) is 12.0 Å². The predicted molar refractivity (Wildman–Crippen MR) is 59.1 cm³/mol. The third-order valence-electron chi connectivity index (χ3n) is 2.85. The zero-order chi connectivity index (χ0) is 11.8. The lowest BCUT2D eigenvalue weighted by Gasteiger charge is -2.09. The van der Waals surface area contributed by atoms with E-state index in [1.54, 1.807) is 38.1 Å². The Kier molecular flexibility index (Phi) is 2.54. The Morgan fingerprint density at radius 3 is 2.44 bits per heavy atom. The van der Waals surface area contributed by atoms with Crippen LogP contribution in [0, 0.1) is 5.41 Å². The molecular weight excluding hydrogens is 204 g/mol. The molecular formula is C13H14O3. The number of carbonyl (C=O) groups excluding carboxylic acids is 2. The Bertz CT molecular complexity index is 420. The number of cyclic esters (lactones) is 1. The van der Waals surface area contributed by atoms with Crippen molar-refractivity contribution in [3.63, 3.8) is 0 Å². The number of hydrogen-bond donors (Lipinski definition) is 0. The largest absolute Gasteiger partial charge is 0.454 e. The van der Waals surface area contributed by atoms with Crippen molar-refractivity contribution in [1.29, 1.82) is 0 Å². The lowest BCUT2D eigenvalue weighted by Crippen LogP contribution is -2.20. The van der Waals surface area contributed by atoms with Crippen molar-refractivity contribution in [2.75, 3.05) is 0 Å². The number of carbonyl (C=O) groups is 2. The van der Waals surface area contributed by atoms with Crippen LogP contribution in [0.15, 0.2) is 30.3 Å². The van der Waals surface area contributed by atoms with Crippen LogP contribution >= 0.6 is 0 Å². The summed E-state index contributed by atoms with van der Waals surface area (Å²) in [6.07, 6.45) is -0.163. The summed E-state index contributed by atoms with van der Waals surface area (Å²) in [5.41, 5.74) is 0.0488. The van der Waals surface area contributed by atoms with Crippen molar-refractivity contribution in [3.8, 4) is 0 Å². The summed E-state index contributed by atoms with van der Waals surface area (Å²) >= 11 is 0. The molecule has 1 fully saturated rings. The van der Waals surface area contributed by atoms with E-state index in [1.165, 1.54) is 0 Å². The zero-order valence-electron chi connectivity index (χ0n) is 9.40. The molecule has 0 N–H and O–H groups in total. The fourth-order valence-corrected chi connectivity index (χ4v) is 1.81. The van der Waals surface area contributed by atoms with Crippen molar-refractivity contribution in [1.82, 2.24) is 0 Å². The lowest BCUT2D eigenvalue weighted by atomic mass is 9.88. The van der Waals surface area contributed by atoms with E-state index in [4.69, 9.17) is 4.74 Å². The molecule has 1 aliphatic rings. The Morgan fingerprint density at radius 2 is 1.94 bits per heavy atom. The lowest BCUT2D eigenvalue weighted by molar-refractivity contribution is -0.146. The molecule has 0 bridgehead atoms. The smallest absolute Gasteiger partial charge is 0.312 e. The van der Waals surface area contributed by atoms with Crippen molar-refractivity contribution in [2.24, 2.45) is 5.41 Å². The van der Waals surface area contributed by atoms with Gasteiger partial charge in [-0.25, -0.2) is 0 Å². The number of esters is 1. The SMILES string of the molecule is CC1(C)C[C@@H](C(=O)c2ccccc2)OC1=O. The van der Waals surface area contributed by atoms with Gasteiger partial charge >= 0.3 is 5.97 Å². The predicted octanol–water partition coefficient (Wildman–Crippen LogP) is 2.21. The number of rotatable bonds is 2. The van der Waals surface area contributed by atoms with Gasteiger partial charge in [0.1, 0.15) is 0 Å². The topological polar surface area (TPSA) is 43.4 Å². The van der Waals surface area contributed by atoms with E-state index in [2.05, 4.69) is 0 Å². The van der Waals surface area contributed by atoms with Crippen LogP contribution in [0.1, 0.15) is 30.6 Å². The molecule has 1 aromatic rings. The molecule has 3 heteroatoms. The summed E-state index contributed by atoms with van der Waals surface area (Å²) in [5, 5.41) is 0. The third-order valence-corrected chi connectivity index (χ3v) is 2.85. The van der Waals surface area contributed by atoms with E-state index in [-0.39, 0.29) is 11.8 Å². The highest BCUT2D eigenvalue weighted by Gasteiger charge is 2.44. The van der Waals surface area contributed by atoms with Gasteiger partial charge in [0.2, 0.25) is 5.78 Å². The monoisotopic (exact) mass is 218 g/mol. The van der Waals surface area contributed by atoms with Crippen molar-refractivity contribution in [2.45, 2.75) is 26.4 Å². The number of benzene rings is 1. The molecule has 2 rings (SSSR count). The van der Waals surface area contributed by atoms with Crippen molar-refractivity contribution >= 4 is 11.8 Å². The van der Waals surface area contributed by atoms with Gasteiger partial charge in [-0.1, -0.05) is 30.3 Å². The van der Waals surface area contributed by atoms with E-state index >= 15 is 0 Å². The van der Waals surface area contributed by atoms with Crippen LogP contribution in [0.25, 0.3) is 0 Å². The van der Waals surface area contributed by atoms with Crippen LogP contribution in [0.5, 0.6) is 0 Å². The van der Waals surface area contributed by atoms with Gasteiger partial charge in [-0.2, -0.15) is 0 Å². The number of ketones is 1. The average Bonchev–Trinajstić information content (AvgIpc) is 2.54. The third kappa shape index (κ3) is 1.85. The number of hydrogen-bond acceptors (Lipinski definition) is 3. The van der Waals surface area contributed by atoms with Gasteiger partial charge in [-0.15, -0.1) is 0 Å². The average molecular weight is 218 g/mol. The van der Waals surface area contributed by atoms with E-state index in [0.717, 1.165) is 0 Å². The molecule has 3 nitrogen and oxygen atoms in total. The van der Waals surface area contributed by atoms with E-state index in [1.807, 2.05) is 6.07 Å². The zero-order valence-corrected chi connectivity index (χ0v) is 9.40. The molecule has 1 aromatic carbocycles. The van der Waals surface area contributed by atoms with Crippen molar-refractivity contribution in [3.05, 3.63) is 35.9 Å². The molecule has 0 amide bonds. The van der Waals surface area contributed by atoms with Crippen LogP contribution in [-0.4, -0.2) is 17.9 Å². The highest BCUT2D eigenvalue weighted by molar-refractivity contribution is 6.02. The molecule has 0 aromatic heterocycles. The quantitative estimate of drug-likeness (QED) is 0.564. The van der Waals surface area contributed by atoms with Crippen LogP contribution in [0.2, 0.25) is 0 Å². The van der Waals surface area contributed by atoms with Gasteiger partial charge in [-0.05, 0) is 13.8 Å². The number of Topliss-reactive ketones (excluding diaryl/α,β-unsaturated/α-hetero) is 1. The Balaban J connectivity index is 2.17. The van der Waals surface area contributed by atoms with E-state index in [0.29, 0.717) is 12.0 Å². The molecule has 84 valence electrons. The first-order valence-corrected chi connectivity index (χ1v) is 5.31.